The quantitative estimate of drug-likeness (QED) is 0.752. The van der Waals surface area contributed by atoms with Crippen molar-refractivity contribution < 1.29 is 0 Å². The van der Waals surface area contributed by atoms with Crippen LogP contribution in [0.1, 0.15) is 11.1 Å². The summed E-state index contributed by atoms with van der Waals surface area (Å²) in [4.78, 5) is 0. The summed E-state index contributed by atoms with van der Waals surface area (Å²) in [7, 11) is 0. The second-order valence-electron chi connectivity index (χ2n) is 3.98. The summed E-state index contributed by atoms with van der Waals surface area (Å²) in [5.41, 5.74) is 5.19. The van der Waals surface area contributed by atoms with Crippen molar-refractivity contribution in [3.05, 3.63) is 65.7 Å². The summed E-state index contributed by atoms with van der Waals surface area (Å²) in [6.07, 6.45) is 2.25. The standard InChI is InChI=1S/C15H13N/c1-2-6-12(7-3-1)10-13-11-16-15-9-5-4-8-14(13)15/h1-10,16H,11H2. The molecule has 0 amide bonds. The molecule has 2 aromatic carbocycles. The average molecular weight is 207 g/mol. The van der Waals surface area contributed by atoms with E-state index < -0.39 is 0 Å². The Hall–Kier alpha value is -2.02. The molecule has 0 unspecified atom stereocenters. The maximum atomic E-state index is 3.40. The van der Waals surface area contributed by atoms with E-state index in [2.05, 4.69) is 59.9 Å². The second-order valence-corrected chi connectivity index (χ2v) is 3.98. The van der Waals surface area contributed by atoms with Gasteiger partial charge in [-0.3, -0.25) is 0 Å². The van der Waals surface area contributed by atoms with Crippen molar-refractivity contribution in [2.45, 2.75) is 0 Å². The van der Waals surface area contributed by atoms with Gasteiger partial charge in [0.25, 0.3) is 0 Å². The Morgan fingerprint density at radius 3 is 2.50 bits per heavy atom. The van der Waals surface area contributed by atoms with E-state index >= 15 is 0 Å². The molecule has 1 aliphatic rings. The maximum absolute atomic E-state index is 3.40. The van der Waals surface area contributed by atoms with Gasteiger partial charge in [-0.2, -0.15) is 0 Å². The van der Waals surface area contributed by atoms with Crippen molar-refractivity contribution in [2.75, 3.05) is 11.9 Å². The molecule has 1 heteroatoms. The molecule has 0 saturated carbocycles. The zero-order chi connectivity index (χ0) is 10.8. The Balaban J connectivity index is 2.02. The highest BCUT2D eigenvalue weighted by molar-refractivity contribution is 5.92. The van der Waals surface area contributed by atoms with Crippen molar-refractivity contribution in [3.63, 3.8) is 0 Å². The fraction of sp³-hybridized carbons (Fsp3) is 0.0667. The van der Waals surface area contributed by atoms with E-state index in [0.29, 0.717) is 0 Å². The monoisotopic (exact) mass is 207 g/mol. The van der Waals surface area contributed by atoms with Crippen LogP contribution < -0.4 is 5.32 Å². The lowest BCUT2D eigenvalue weighted by molar-refractivity contribution is 1.45. The average Bonchev–Trinajstić information content (AvgIpc) is 2.74. The largest absolute Gasteiger partial charge is 0.380 e. The van der Waals surface area contributed by atoms with Crippen LogP contribution >= 0.6 is 0 Å². The van der Waals surface area contributed by atoms with Crippen molar-refractivity contribution in [2.24, 2.45) is 0 Å². The summed E-state index contributed by atoms with van der Waals surface area (Å²) in [6.45, 7) is 0.925. The van der Waals surface area contributed by atoms with Crippen LogP contribution in [0.3, 0.4) is 0 Å². The number of rotatable bonds is 1. The lowest BCUT2D eigenvalue weighted by Crippen LogP contribution is -1.91. The zero-order valence-corrected chi connectivity index (χ0v) is 8.98. The molecule has 0 aromatic heterocycles. The Morgan fingerprint density at radius 2 is 1.62 bits per heavy atom. The first-order valence-corrected chi connectivity index (χ1v) is 5.52. The molecule has 1 N–H and O–H groups in total. The first-order valence-electron chi connectivity index (χ1n) is 5.52. The van der Waals surface area contributed by atoms with Crippen LogP contribution in [0.15, 0.2) is 54.6 Å². The summed E-state index contributed by atoms with van der Waals surface area (Å²) in [6, 6.07) is 18.9. The number of para-hydroxylation sites is 1. The van der Waals surface area contributed by atoms with Crippen molar-refractivity contribution in [3.8, 4) is 0 Å². The van der Waals surface area contributed by atoms with Crippen molar-refractivity contribution in [1.29, 1.82) is 0 Å². The fourth-order valence-corrected chi connectivity index (χ4v) is 2.08. The van der Waals surface area contributed by atoms with E-state index in [1.165, 1.54) is 22.4 Å². The number of hydrogen-bond donors (Lipinski definition) is 1. The Kier molecular flexibility index (Phi) is 2.22. The lowest BCUT2D eigenvalue weighted by Gasteiger charge is -1.98. The third-order valence-corrected chi connectivity index (χ3v) is 2.88. The van der Waals surface area contributed by atoms with E-state index in [1.807, 2.05) is 6.07 Å². The van der Waals surface area contributed by atoms with Crippen LogP contribution in [-0.2, 0) is 0 Å². The molecule has 0 aliphatic carbocycles. The van der Waals surface area contributed by atoms with Gasteiger partial charge in [0.05, 0.1) is 0 Å². The normalized spacial score (nSPS) is 15.9. The van der Waals surface area contributed by atoms with Crippen LogP contribution in [-0.4, -0.2) is 6.54 Å². The van der Waals surface area contributed by atoms with Gasteiger partial charge in [0.15, 0.2) is 0 Å². The van der Waals surface area contributed by atoms with Crippen LogP contribution in [0.2, 0.25) is 0 Å². The number of benzene rings is 2. The van der Waals surface area contributed by atoms with Gasteiger partial charge in [0.2, 0.25) is 0 Å². The summed E-state index contributed by atoms with van der Waals surface area (Å²) in [5.74, 6) is 0. The van der Waals surface area contributed by atoms with Crippen molar-refractivity contribution in [1.82, 2.24) is 0 Å². The Bertz CT molecular complexity index is 526. The molecule has 16 heavy (non-hydrogen) atoms. The van der Waals surface area contributed by atoms with Gasteiger partial charge in [-0.05, 0) is 23.3 Å². The molecule has 0 atom stereocenters. The highest BCUT2D eigenvalue weighted by Crippen LogP contribution is 2.31. The van der Waals surface area contributed by atoms with Crippen LogP contribution in [0, 0.1) is 0 Å². The molecule has 1 nitrogen and oxygen atoms in total. The molecular weight excluding hydrogens is 194 g/mol. The first kappa shape index (κ1) is 9.22. The van der Waals surface area contributed by atoms with E-state index in [1.54, 1.807) is 0 Å². The molecule has 0 spiro atoms. The minimum atomic E-state index is 0.925. The number of nitrogens with one attached hydrogen (secondary N) is 1. The smallest absolute Gasteiger partial charge is 0.0419 e. The number of anilines is 1. The third kappa shape index (κ3) is 1.61. The van der Waals surface area contributed by atoms with E-state index in [4.69, 9.17) is 0 Å². The zero-order valence-electron chi connectivity index (χ0n) is 8.98. The SMILES string of the molecule is C(=C1CNc2ccccc21)c1ccccc1. The summed E-state index contributed by atoms with van der Waals surface area (Å²) >= 11 is 0. The minimum Gasteiger partial charge on any atom is -0.380 e. The van der Waals surface area contributed by atoms with Gasteiger partial charge in [-0.1, -0.05) is 48.5 Å². The Morgan fingerprint density at radius 1 is 0.875 bits per heavy atom. The molecule has 1 heterocycles. The first-order chi connectivity index (χ1) is 7.93. The lowest BCUT2D eigenvalue weighted by atomic mass is 10.0. The van der Waals surface area contributed by atoms with E-state index in [0.717, 1.165) is 6.54 Å². The molecule has 0 fully saturated rings. The van der Waals surface area contributed by atoms with Gasteiger partial charge in [-0.15, -0.1) is 0 Å². The number of fused-ring (bicyclic) bond motifs is 1. The Labute approximate surface area is 95.4 Å². The van der Waals surface area contributed by atoms with Crippen LogP contribution in [0.4, 0.5) is 5.69 Å². The van der Waals surface area contributed by atoms with E-state index in [-0.39, 0.29) is 0 Å². The van der Waals surface area contributed by atoms with Crippen molar-refractivity contribution >= 4 is 17.3 Å². The molecule has 0 radical (unpaired) electrons. The molecule has 3 rings (SSSR count). The van der Waals surface area contributed by atoms with Gasteiger partial charge < -0.3 is 5.32 Å². The fourth-order valence-electron chi connectivity index (χ4n) is 2.08. The maximum Gasteiger partial charge on any atom is 0.0419 e. The molecule has 0 bridgehead atoms. The molecular formula is C15H13N. The molecule has 0 saturated heterocycles. The summed E-state index contributed by atoms with van der Waals surface area (Å²) < 4.78 is 0. The van der Waals surface area contributed by atoms with Gasteiger partial charge >= 0.3 is 0 Å². The molecule has 78 valence electrons. The van der Waals surface area contributed by atoms with Gasteiger partial charge in [0.1, 0.15) is 0 Å². The topological polar surface area (TPSA) is 12.0 Å². The highest BCUT2D eigenvalue weighted by atomic mass is 14.9. The predicted molar refractivity (Wildman–Crippen MR) is 69.2 cm³/mol. The minimum absolute atomic E-state index is 0.925. The highest BCUT2D eigenvalue weighted by Gasteiger charge is 2.13. The van der Waals surface area contributed by atoms with Gasteiger partial charge in [0, 0.05) is 17.8 Å². The van der Waals surface area contributed by atoms with E-state index in [9.17, 15) is 0 Å². The summed E-state index contributed by atoms with van der Waals surface area (Å²) in [5, 5.41) is 3.40. The predicted octanol–water partition coefficient (Wildman–Crippen LogP) is 3.65. The molecule has 1 aliphatic heterocycles. The number of hydrogen-bond acceptors (Lipinski definition) is 1. The third-order valence-electron chi connectivity index (χ3n) is 2.88. The van der Waals surface area contributed by atoms with Gasteiger partial charge in [-0.25, -0.2) is 0 Å². The van der Waals surface area contributed by atoms with Crippen LogP contribution in [0.25, 0.3) is 11.6 Å². The second kappa shape index (κ2) is 3.86. The van der Waals surface area contributed by atoms with Crippen LogP contribution in [0.5, 0.6) is 0 Å². The molecule has 2 aromatic rings.